The molecule has 0 radical (unpaired) electrons. The van der Waals surface area contributed by atoms with Crippen molar-refractivity contribution in [3.63, 3.8) is 0 Å². The van der Waals surface area contributed by atoms with E-state index in [2.05, 4.69) is 26.1 Å². The zero-order valence-electron chi connectivity index (χ0n) is 21.1. The predicted octanol–water partition coefficient (Wildman–Crippen LogP) is 4.02. The van der Waals surface area contributed by atoms with E-state index < -0.39 is 0 Å². The summed E-state index contributed by atoms with van der Waals surface area (Å²) >= 11 is 0. The van der Waals surface area contributed by atoms with Crippen LogP contribution in [0.1, 0.15) is 122 Å². The maximum atomic E-state index is 9.19. The molecule has 0 fully saturated rings. The number of likely N-dealkylation sites (N-methyl/N-ethyl adjacent to an activating group) is 1. The highest BCUT2D eigenvalue weighted by Crippen LogP contribution is 2.13. The molecule has 0 atom stereocenters. The van der Waals surface area contributed by atoms with Crippen molar-refractivity contribution in [1.29, 1.82) is 0 Å². The Morgan fingerprint density at radius 1 is 0.516 bits per heavy atom. The number of allylic oxidation sites excluding steroid dienone is 2. The number of halogens is 1. The second-order valence-corrected chi connectivity index (χ2v) is 9.59. The largest absolute Gasteiger partial charge is 1.00 e. The number of rotatable bonds is 24. The van der Waals surface area contributed by atoms with Crippen molar-refractivity contribution in [3.8, 4) is 0 Å². The van der Waals surface area contributed by atoms with E-state index >= 15 is 0 Å². The molecule has 0 amide bonds. The van der Waals surface area contributed by atoms with Gasteiger partial charge in [-0.05, 0) is 38.5 Å². The van der Waals surface area contributed by atoms with E-state index in [4.69, 9.17) is 0 Å². The van der Waals surface area contributed by atoms with Crippen LogP contribution in [0.5, 0.6) is 0 Å². The first-order valence-corrected chi connectivity index (χ1v) is 13.4. The first-order valence-electron chi connectivity index (χ1n) is 13.4. The van der Waals surface area contributed by atoms with Gasteiger partial charge in [-0.2, -0.15) is 0 Å². The molecule has 0 unspecified atom stereocenters. The van der Waals surface area contributed by atoms with Crippen LogP contribution in [0.3, 0.4) is 0 Å². The summed E-state index contributed by atoms with van der Waals surface area (Å²) in [5.41, 5.74) is 0. The summed E-state index contributed by atoms with van der Waals surface area (Å²) in [4.78, 5) is 0. The van der Waals surface area contributed by atoms with Crippen LogP contribution in [-0.4, -0.2) is 54.6 Å². The second-order valence-electron chi connectivity index (χ2n) is 9.59. The lowest BCUT2D eigenvalue weighted by atomic mass is 10.1. The molecular formula is C27H56ClNO2. The van der Waals surface area contributed by atoms with E-state index in [0.29, 0.717) is 0 Å². The monoisotopic (exact) mass is 461 g/mol. The minimum Gasteiger partial charge on any atom is -1.00 e. The molecule has 0 aliphatic rings. The third-order valence-electron chi connectivity index (χ3n) is 6.49. The van der Waals surface area contributed by atoms with Gasteiger partial charge in [-0.25, -0.2) is 0 Å². The molecule has 0 saturated heterocycles. The molecule has 188 valence electrons. The van der Waals surface area contributed by atoms with Crippen LogP contribution >= 0.6 is 0 Å². The zero-order chi connectivity index (χ0) is 22.2. The highest BCUT2D eigenvalue weighted by atomic mass is 35.5. The van der Waals surface area contributed by atoms with Gasteiger partial charge in [-0.3, -0.25) is 0 Å². The van der Waals surface area contributed by atoms with E-state index in [9.17, 15) is 10.2 Å². The SMILES string of the molecule is CCCCCCCC/C=C\CCCCCCCCCCCC[N+](C)(CCO)CCO.[Cl-]. The molecule has 4 heteroatoms. The van der Waals surface area contributed by atoms with Crippen molar-refractivity contribution in [2.45, 2.75) is 122 Å². The molecule has 3 nitrogen and oxygen atoms in total. The quantitative estimate of drug-likeness (QED) is 0.129. The first kappa shape index (κ1) is 33.1. The average Bonchev–Trinajstić information content (AvgIpc) is 2.72. The maximum absolute atomic E-state index is 9.19. The third kappa shape index (κ3) is 24.4. The summed E-state index contributed by atoms with van der Waals surface area (Å²) in [6.45, 7) is 5.31. The number of quaternary nitrogens is 1. The van der Waals surface area contributed by atoms with E-state index in [1.54, 1.807) is 0 Å². The molecule has 0 spiro atoms. The Bertz CT molecular complexity index is 357. The van der Waals surface area contributed by atoms with Crippen molar-refractivity contribution < 1.29 is 27.1 Å². The standard InChI is InChI=1S/C27H56NO2.ClH/c1-3-4-5-6-7-8-9-10-11-12-13-14-15-16-17-18-19-20-21-22-23-28(2,24-26-29)25-27-30;/h10-11,29-30H,3-9,12-27H2,1-2H3;1H/q+1;/p-1/b11-10-;. The number of hydrogen-bond acceptors (Lipinski definition) is 2. The Balaban J connectivity index is 0. The summed E-state index contributed by atoms with van der Waals surface area (Å²) in [5.74, 6) is 0. The van der Waals surface area contributed by atoms with Crippen molar-refractivity contribution in [2.75, 3.05) is 39.9 Å². The Morgan fingerprint density at radius 3 is 1.26 bits per heavy atom. The smallest absolute Gasteiger partial charge is 0.102 e. The normalized spacial score (nSPS) is 11.9. The molecule has 0 aliphatic carbocycles. The van der Waals surface area contributed by atoms with Crippen molar-refractivity contribution in [2.24, 2.45) is 0 Å². The van der Waals surface area contributed by atoms with Crippen LogP contribution in [-0.2, 0) is 0 Å². The molecule has 0 heterocycles. The fourth-order valence-electron chi connectivity index (χ4n) is 4.27. The van der Waals surface area contributed by atoms with Gasteiger partial charge in [0, 0.05) is 0 Å². The minimum absolute atomic E-state index is 0. The molecule has 31 heavy (non-hydrogen) atoms. The topological polar surface area (TPSA) is 40.5 Å². The van der Waals surface area contributed by atoms with E-state index in [1.165, 1.54) is 116 Å². The van der Waals surface area contributed by atoms with Gasteiger partial charge < -0.3 is 27.1 Å². The van der Waals surface area contributed by atoms with Gasteiger partial charge in [0.2, 0.25) is 0 Å². The fraction of sp³-hybridized carbons (Fsp3) is 0.926. The van der Waals surface area contributed by atoms with Crippen molar-refractivity contribution >= 4 is 0 Å². The van der Waals surface area contributed by atoms with E-state index in [1.807, 2.05) is 0 Å². The second kappa shape index (κ2) is 26.2. The van der Waals surface area contributed by atoms with Crippen LogP contribution < -0.4 is 12.4 Å². The average molecular weight is 462 g/mol. The van der Waals surface area contributed by atoms with Crippen molar-refractivity contribution in [3.05, 3.63) is 12.2 Å². The highest BCUT2D eigenvalue weighted by Gasteiger charge is 2.19. The molecule has 0 saturated carbocycles. The first-order chi connectivity index (χ1) is 14.7. The summed E-state index contributed by atoms with van der Waals surface area (Å²) in [5, 5.41) is 18.4. The van der Waals surface area contributed by atoms with Crippen molar-refractivity contribution in [1.82, 2.24) is 0 Å². The fourth-order valence-corrected chi connectivity index (χ4v) is 4.27. The molecule has 0 rings (SSSR count). The van der Waals surface area contributed by atoms with Gasteiger partial charge in [0.1, 0.15) is 13.1 Å². The summed E-state index contributed by atoms with van der Waals surface area (Å²) in [7, 11) is 2.15. The molecule has 2 N–H and O–H groups in total. The Kier molecular flexibility index (Phi) is 27.9. The number of aliphatic hydroxyl groups excluding tert-OH is 2. The Morgan fingerprint density at radius 2 is 0.871 bits per heavy atom. The molecule has 0 aromatic heterocycles. The number of unbranched alkanes of at least 4 members (excludes halogenated alkanes) is 16. The molecular weight excluding hydrogens is 406 g/mol. The number of aliphatic hydroxyl groups is 2. The van der Waals surface area contributed by atoms with Gasteiger partial charge in [-0.1, -0.05) is 96.1 Å². The highest BCUT2D eigenvalue weighted by molar-refractivity contribution is 4.81. The summed E-state index contributed by atoms with van der Waals surface area (Å²) in [6.07, 6.45) is 29.3. The molecule has 0 aromatic rings. The summed E-state index contributed by atoms with van der Waals surface area (Å²) < 4.78 is 0.807. The summed E-state index contributed by atoms with van der Waals surface area (Å²) in [6, 6.07) is 0. The van der Waals surface area contributed by atoms with Gasteiger partial charge in [-0.15, -0.1) is 0 Å². The third-order valence-corrected chi connectivity index (χ3v) is 6.49. The van der Waals surface area contributed by atoms with Gasteiger partial charge in [0.15, 0.2) is 0 Å². The van der Waals surface area contributed by atoms with Gasteiger partial charge in [0.25, 0.3) is 0 Å². The van der Waals surface area contributed by atoms with Gasteiger partial charge in [0.05, 0.1) is 26.8 Å². The Hall–Kier alpha value is -0.0900. The van der Waals surface area contributed by atoms with Crippen LogP contribution in [0, 0.1) is 0 Å². The van der Waals surface area contributed by atoms with Crippen LogP contribution in [0.25, 0.3) is 0 Å². The Labute approximate surface area is 201 Å². The van der Waals surface area contributed by atoms with Crippen LogP contribution in [0.2, 0.25) is 0 Å². The van der Waals surface area contributed by atoms with Crippen LogP contribution in [0.15, 0.2) is 12.2 Å². The molecule has 0 aromatic carbocycles. The van der Waals surface area contributed by atoms with Gasteiger partial charge >= 0.3 is 0 Å². The minimum atomic E-state index is 0. The number of hydrogen-bond donors (Lipinski definition) is 2. The van der Waals surface area contributed by atoms with E-state index in [-0.39, 0.29) is 25.6 Å². The lowest BCUT2D eigenvalue weighted by molar-refractivity contribution is -0.910. The predicted molar refractivity (Wildman–Crippen MR) is 133 cm³/mol. The lowest BCUT2D eigenvalue weighted by Gasteiger charge is -2.33. The van der Waals surface area contributed by atoms with Crippen LogP contribution in [0.4, 0.5) is 0 Å². The molecule has 0 aliphatic heterocycles. The van der Waals surface area contributed by atoms with E-state index in [0.717, 1.165) is 24.1 Å². The number of nitrogens with zero attached hydrogens (tertiary/aromatic N) is 1. The lowest BCUT2D eigenvalue weighted by Crippen LogP contribution is -3.00. The molecule has 0 bridgehead atoms. The zero-order valence-corrected chi connectivity index (χ0v) is 21.9. The maximum Gasteiger partial charge on any atom is 0.102 e.